The molecule has 0 aliphatic carbocycles. The molecule has 1 amide bonds. The molecule has 0 fully saturated rings. The topological polar surface area (TPSA) is 76.2 Å². The summed E-state index contributed by atoms with van der Waals surface area (Å²) >= 11 is 0. The maximum Gasteiger partial charge on any atom is 0.227 e. The van der Waals surface area contributed by atoms with Crippen molar-refractivity contribution in [2.75, 3.05) is 19.0 Å². The molecule has 112 valence electrons. The Morgan fingerprint density at radius 3 is 2.48 bits per heavy atom. The Morgan fingerprint density at radius 1 is 1.24 bits per heavy atom. The van der Waals surface area contributed by atoms with Crippen LogP contribution in [0.5, 0.6) is 11.5 Å². The number of carbonyl (C=O) groups is 1. The molecule has 1 heterocycles. The van der Waals surface area contributed by atoms with Gasteiger partial charge < -0.3 is 14.8 Å². The van der Waals surface area contributed by atoms with Crippen molar-refractivity contribution in [2.45, 2.75) is 20.3 Å². The summed E-state index contributed by atoms with van der Waals surface area (Å²) in [6.45, 7) is 4.02. The Kier molecular flexibility index (Phi) is 4.81. The number of anilines is 1. The molecule has 2 aromatic rings. The fraction of sp³-hybridized carbons (Fsp3) is 0.333. The highest BCUT2D eigenvalue weighted by atomic mass is 16.5. The molecule has 0 bridgehead atoms. The van der Waals surface area contributed by atoms with Gasteiger partial charge in [0.25, 0.3) is 0 Å². The summed E-state index contributed by atoms with van der Waals surface area (Å²) in [6, 6.07) is 7.24. The average Bonchev–Trinajstić information content (AvgIpc) is 2.80. The molecule has 2 rings (SSSR count). The number of aromatic amines is 1. The molecule has 1 aromatic carbocycles. The van der Waals surface area contributed by atoms with Crippen LogP contribution in [0.2, 0.25) is 0 Å². The summed E-state index contributed by atoms with van der Waals surface area (Å²) in [5.41, 5.74) is 2.36. The Morgan fingerprint density at radius 2 is 1.90 bits per heavy atom. The highest BCUT2D eigenvalue weighted by molar-refractivity contribution is 5.91. The molecule has 0 aliphatic rings. The molecule has 0 radical (unpaired) electrons. The molecular formula is C15H19N3O3. The van der Waals surface area contributed by atoms with Crippen LogP contribution in [0.1, 0.15) is 17.8 Å². The third-order valence-corrected chi connectivity index (χ3v) is 3.05. The highest BCUT2D eigenvalue weighted by Gasteiger charge is 2.10. The maximum atomic E-state index is 11.9. The van der Waals surface area contributed by atoms with Crippen molar-refractivity contribution >= 4 is 11.6 Å². The zero-order valence-corrected chi connectivity index (χ0v) is 12.4. The van der Waals surface area contributed by atoms with Crippen molar-refractivity contribution < 1.29 is 14.3 Å². The number of H-pyrrole nitrogens is 1. The number of methoxy groups -OCH3 is 1. The predicted molar refractivity (Wildman–Crippen MR) is 79.8 cm³/mol. The van der Waals surface area contributed by atoms with Gasteiger partial charge in [0, 0.05) is 0 Å². The number of amides is 1. The van der Waals surface area contributed by atoms with E-state index in [0.29, 0.717) is 12.4 Å². The molecule has 21 heavy (non-hydrogen) atoms. The van der Waals surface area contributed by atoms with Crippen LogP contribution < -0.4 is 14.8 Å². The molecule has 0 saturated carbocycles. The van der Waals surface area contributed by atoms with Crippen LogP contribution in [-0.4, -0.2) is 29.8 Å². The lowest BCUT2D eigenvalue weighted by Crippen LogP contribution is -2.16. The summed E-state index contributed by atoms with van der Waals surface area (Å²) in [5.74, 6) is 1.38. The number of aryl methyl sites for hydroxylation is 2. The molecule has 6 heteroatoms. The van der Waals surface area contributed by atoms with Gasteiger partial charge in [0.05, 0.1) is 37.2 Å². The van der Waals surface area contributed by atoms with Gasteiger partial charge in [0.1, 0.15) is 11.5 Å². The van der Waals surface area contributed by atoms with Crippen LogP contribution in [0.3, 0.4) is 0 Å². The minimum Gasteiger partial charge on any atom is -0.497 e. The first-order valence-corrected chi connectivity index (χ1v) is 6.68. The normalized spacial score (nSPS) is 10.2. The number of benzene rings is 1. The predicted octanol–water partition coefficient (Wildman–Crippen LogP) is 2.44. The monoisotopic (exact) mass is 289 g/mol. The van der Waals surface area contributed by atoms with Crippen molar-refractivity contribution in [1.29, 1.82) is 0 Å². The zero-order valence-electron chi connectivity index (χ0n) is 12.4. The summed E-state index contributed by atoms with van der Waals surface area (Å²) < 4.78 is 10.6. The van der Waals surface area contributed by atoms with Crippen LogP contribution in [0.4, 0.5) is 5.69 Å². The van der Waals surface area contributed by atoms with Crippen molar-refractivity contribution in [2.24, 2.45) is 0 Å². The molecule has 0 aliphatic heterocycles. The zero-order chi connectivity index (χ0) is 15.2. The second-order valence-corrected chi connectivity index (χ2v) is 4.63. The average molecular weight is 289 g/mol. The largest absolute Gasteiger partial charge is 0.497 e. The Hall–Kier alpha value is -2.50. The Balaban J connectivity index is 1.79. The lowest BCUT2D eigenvalue weighted by Gasteiger charge is -2.08. The first kappa shape index (κ1) is 14.9. The van der Waals surface area contributed by atoms with Crippen molar-refractivity contribution in [1.82, 2.24) is 10.2 Å². The van der Waals surface area contributed by atoms with E-state index in [1.807, 2.05) is 26.0 Å². The van der Waals surface area contributed by atoms with Gasteiger partial charge in [-0.05, 0) is 38.1 Å². The fourth-order valence-electron chi connectivity index (χ4n) is 1.87. The lowest BCUT2D eigenvalue weighted by atomic mass is 10.3. The van der Waals surface area contributed by atoms with E-state index in [-0.39, 0.29) is 12.3 Å². The fourth-order valence-corrected chi connectivity index (χ4v) is 1.87. The van der Waals surface area contributed by atoms with Gasteiger partial charge in [-0.3, -0.25) is 9.89 Å². The van der Waals surface area contributed by atoms with Gasteiger partial charge in [-0.1, -0.05) is 0 Å². The van der Waals surface area contributed by atoms with Gasteiger partial charge in [0.2, 0.25) is 5.91 Å². The van der Waals surface area contributed by atoms with E-state index in [1.165, 1.54) is 0 Å². The van der Waals surface area contributed by atoms with Gasteiger partial charge in [-0.15, -0.1) is 0 Å². The van der Waals surface area contributed by atoms with Crippen molar-refractivity contribution in [3.05, 3.63) is 35.7 Å². The minimum atomic E-state index is -0.101. The van der Waals surface area contributed by atoms with Crippen LogP contribution >= 0.6 is 0 Å². The number of carbonyl (C=O) groups excluding carboxylic acids is 1. The van der Waals surface area contributed by atoms with E-state index in [0.717, 1.165) is 22.8 Å². The summed E-state index contributed by atoms with van der Waals surface area (Å²) in [6.07, 6.45) is 0.274. The van der Waals surface area contributed by atoms with Crippen LogP contribution in [0.15, 0.2) is 24.3 Å². The molecule has 0 spiro atoms. The van der Waals surface area contributed by atoms with E-state index in [9.17, 15) is 4.79 Å². The van der Waals surface area contributed by atoms with E-state index in [4.69, 9.17) is 9.47 Å². The number of hydrogen-bond donors (Lipinski definition) is 2. The number of nitrogens with one attached hydrogen (secondary N) is 2. The van der Waals surface area contributed by atoms with Crippen LogP contribution in [0.25, 0.3) is 0 Å². The summed E-state index contributed by atoms with van der Waals surface area (Å²) in [5, 5.41) is 9.69. The molecule has 2 N–H and O–H groups in total. The van der Waals surface area contributed by atoms with E-state index in [1.54, 1.807) is 19.2 Å². The summed E-state index contributed by atoms with van der Waals surface area (Å²) in [7, 11) is 1.61. The van der Waals surface area contributed by atoms with Gasteiger partial charge in [-0.2, -0.15) is 5.10 Å². The molecule has 1 aromatic heterocycles. The molecule has 0 unspecified atom stereocenters. The third-order valence-electron chi connectivity index (χ3n) is 3.05. The second-order valence-electron chi connectivity index (χ2n) is 4.63. The smallest absolute Gasteiger partial charge is 0.227 e. The number of nitrogens with zero attached hydrogens (tertiary/aromatic N) is 1. The molecule has 6 nitrogen and oxygen atoms in total. The standard InChI is InChI=1S/C15H19N3O3/c1-10-15(11(2)18-17-10)16-14(19)8-9-21-13-6-4-12(20-3)5-7-13/h4-7H,8-9H2,1-3H3,(H,16,19)(H,17,18). The third kappa shape index (κ3) is 3.98. The van der Waals surface area contributed by atoms with Crippen LogP contribution in [0, 0.1) is 13.8 Å². The maximum absolute atomic E-state index is 11.9. The van der Waals surface area contributed by atoms with Gasteiger partial charge >= 0.3 is 0 Å². The van der Waals surface area contributed by atoms with E-state index < -0.39 is 0 Å². The molecular weight excluding hydrogens is 270 g/mol. The Labute approximate surface area is 123 Å². The minimum absolute atomic E-state index is 0.101. The van der Waals surface area contributed by atoms with E-state index in [2.05, 4.69) is 15.5 Å². The molecule has 0 saturated heterocycles. The quantitative estimate of drug-likeness (QED) is 0.856. The van der Waals surface area contributed by atoms with Crippen molar-refractivity contribution in [3.63, 3.8) is 0 Å². The number of rotatable bonds is 6. The van der Waals surface area contributed by atoms with Gasteiger partial charge in [0.15, 0.2) is 0 Å². The SMILES string of the molecule is COc1ccc(OCCC(=O)Nc2c(C)n[nH]c2C)cc1. The first-order chi connectivity index (χ1) is 10.1. The van der Waals surface area contributed by atoms with Gasteiger partial charge in [-0.25, -0.2) is 0 Å². The summed E-state index contributed by atoms with van der Waals surface area (Å²) in [4.78, 5) is 11.9. The Bertz CT molecular complexity index is 586. The van der Waals surface area contributed by atoms with Crippen molar-refractivity contribution in [3.8, 4) is 11.5 Å². The molecule has 0 atom stereocenters. The number of hydrogen-bond acceptors (Lipinski definition) is 4. The first-order valence-electron chi connectivity index (χ1n) is 6.68. The number of aromatic nitrogens is 2. The second kappa shape index (κ2) is 6.78. The van der Waals surface area contributed by atoms with E-state index >= 15 is 0 Å². The van der Waals surface area contributed by atoms with Crippen LogP contribution in [-0.2, 0) is 4.79 Å². The lowest BCUT2D eigenvalue weighted by molar-refractivity contribution is -0.116. The number of ether oxygens (including phenoxy) is 2. The highest BCUT2D eigenvalue weighted by Crippen LogP contribution is 2.18.